The second kappa shape index (κ2) is 5.61. The maximum atomic E-state index is 13.3. The average Bonchev–Trinajstić information content (AvgIpc) is 2.40. The molecule has 0 aromatic heterocycles. The summed E-state index contributed by atoms with van der Waals surface area (Å²) in [5, 5.41) is 0. The topological polar surface area (TPSA) is 26.3 Å². The van der Waals surface area contributed by atoms with E-state index in [1.54, 1.807) is 25.1 Å². The van der Waals surface area contributed by atoms with Gasteiger partial charge in [-0.3, -0.25) is 0 Å². The Morgan fingerprint density at radius 1 is 1.11 bits per heavy atom. The van der Waals surface area contributed by atoms with Gasteiger partial charge >= 0.3 is 5.97 Å². The maximum absolute atomic E-state index is 13.3. The van der Waals surface area contributed by atoms with Crippen LogP contribution in [0.4, 0.5) is 8.78 Å². The fourth-order valence-electron chi connectivity index (χ4n) is 1.61. The molecule has 0 aliphatic rings. The molecule has 2 aromatic carbocycles. The molecule has 0 heterocycles. The van der Waals surface area contributed by atoms with Crippen LogP contribution in [0.2, 0.25) is 0 Å². The number of esters is 1. The lowest BCUT2D eigenvalue weighted by Gasteiger charge is -2.06. The number of carbonyl (C=O) groups excluding carboxylic acids is 1. The zero-order valence-electron chi connectivity index (χ0n) is 10.3. The van der Waals surface area contributed by atoms with E-state index in [-0.39, 0.29) is 18.0 Å². The van der Waals surface area contributed by atoms with Gasteiger partial charge in [-0.05, 0) is 36.8 Å². The van der Waals surface area contributed by atoms with Crippen molar-refractivity contribution in [3.63, 3.8) is 0 Å². The van der Waals surface area contributed by atoms with Crippen LogP contribution in [-0.4, -0.2) is 5.97 Å². The second-order valence-electron chi connectivity index (χ2n) is 4.13. The Morgan fingerprint density at radius 2 is 1.84 bits per heavy atom. The highest BCUT2D eigenvalue weighted by atomic mass is 19.1. The van der Waals surface area contributed by atoms with Gasteiger partial charge in [0.1, 0.15) is 18.2 Å². The molecule has 0 aliphatic carbocycles. The number of aryl methyl sites for hydroxylation is 1. The highest BCUT2D eigenvalue weighted by Crippen LogP contribution is 2.13. The molecular formula is C15H12F2O2. The third-order valence-corrected chi connectivity index (χ3v) is 2.71. The Balaban J connectivity index is 2.05. The molecular weight excluding hydrogens is 250 g/mol. The summed E-state index contributed by atoms with van der Waals surface area (Å²) in [5.74, 6) is -1.41. The van der Waals surface area contributed by atoms with Crippen molar-refractivity contribution >= 4 is 5.97 Å². The van der Waals surface area contributed by atoms with Gasteiger partial charge in [-0.1, -0.05) is 18.2 Å². The zero-order valence-corrected chi connectivity index (χ0v) is 10.3. The van der Waals surface area contributed by atoms with Crippen LogP contribution in [0.1, 0.15) is 21.5 Å². The molecule has 0 unspecified atom stereocenters. The van der Waals surface area contributed by atoms with Crippen LogP contribution >= 0.6 is 0 Å². The van der Waals surface area contributed by atoms with Crippen molar-refractivity contribution < 1.29 is 18.3 Å². The molecule has 0 bridgehead atoms. The van der Waals surface area contributed by atoms with Gasteiger partial charge in [-0.2, -0.15) is 0 Å². The standard InChI is InChI=1S/C15H12F2O2/c1-10-8-11(6-7-13(10)16)15(18)19-9-12-4-2-3-5-14(12)17/h2-8H,9H2,1H3. The van der Waals surface area contributed by atoms with Crippen molar-refractivity contribution in [1.82, 2.24) is 0 Å². The van der Waals surface area contributed by atoms with Crippen LogP contribution in [0.15, 0.2) is 42.5 Å². The molecule has 19 heavy (non-hydrogen) atoms. The van der Waals surface area contributed by atoms with Crippen LogP contribution in [0, 0.1) is 18.6 Å². The number of halogens is 2. The summed E-state index contributed by atoms with van der Waals surface area (Å²) >= 11 is 0. The Kier molecular flexibility index (Phi) is 3.90. The largest absolute Gasteiger partial charge is 0.457 e. The molecule has 0 fully saturated rings. The van der Waals surface area contributed by atoms with Crippen LogP contribution in [0.3, 0.4) is 0 Å². The first-order valence-corrected chi connectivity index (χ1v) is 5.74. The number of hydrogen-bond acceptors (Lipinski definition) is 2. The van der Waals surface area contributed by atoms with E-state index in [1.807, 2.05) is 0 Å². The van der Waals surface area contributed by atoms with Crippen molar-refractivity contribution in [2.75, 3.05) is 0 Å². The Bertz CT molecular complexity index is 609. The third-order valence-electron chi connectivity index (χ3n) is 2.71. The van der Waals surface area contributed by atoms with E-state index in [0.29, 0.717) is 11.1 Å². The summed E-state index contributed by atoms with van der Waals surface area (Å²) in [6.45, 7) is 1.41. The normalized spacial score (nSPS) is 10.3. The first-order valence-electron chi connectivity index (χ1n) is 5.74. The number of rotatable bonds is 3. The van der Waals surface area contributed by atoms with E-state index >= 15 is 0 Å². The monoisotopic (exact) mass is 262 g/mol. The summed E-state index contributed by atoms with van der Waals surface area (Å²) < 4.78 is 31.4. The van der Waals surface area contributed by atoms with Crippen molar-refractivity contribution in [2.45, 2.75) is 13.5 Å². The fraction of sp³-hybridized carbons (Fsp3) is 0.133. The Morgan fingerprint density at radius 3 is 2.53 bits per heavy atom. The van der Waals surface area contributed by atoms with Gasteiger partial charge in [0.25, 0.3) is 0 Å². The third kappa shape index (κ3) is 3.16. The minimum Gasteiger partial charge on any atom is -0.457 e. The molecule has 98 valence electrons. The molecule has 0 atom stereocenters. The predicted molar refractivity (Wildman–Crippen MR) is 66.7 cm³/mol. The molecule has 0 saturated carbocycles. The molecule has 0 aliphatic heterocycles. The molecule has 4 heteroatoms. The number of carbonyl (C=O) groups is 1. The van der Waals surface area contributed by atoms with Gasteiger partial charge in [-0.15, -0.1) is 0 Å². The van der Waals surface area contributed by atoms with Gasteiger partial charge in [0.05, 0.1) is 5.56 Å². The van der Waals surface area contributed by atoms with Crippen molar-refractivity contribution in [3.8, 4) is 0 Å². The van der Waals surface area contributed by atoms with Gasteiger partial charge in [0, 0.05) is 5.56 Å². The van der Waals surface area contributed by atoms with Crippen molar-refractivity contribution in [1.29, 1.82) is 0 Å². The summed E-state index contributed by atoms with van der Waals surface area (Å²) in [5.41, 5.74) is 0.908. The van der Waals surface area contributed by atoms with Crippen LogP contribution in [0.25, 0.3) is 0 Å². The lowest BCUT2D eigenvalue weighted by atomic mass is 10.1. The van der Waals surface area contributed by atoms with E-state index in [2.05, 4.69) is 0 Å². The van der Waals surface area contributed by atoms with E-state index in [4.69, 9.17) is 4.74 Å². The maximum Gasteiger partial charge on any atom is 0.338 e. The highest BCUT2D eigenvalue weighted by Gasteiger charge is 2.10. The molecule has 0 amide bonds. The number of benzene rings is 2. The summed E-state index contributed by atoms with van der Waals surface area (Å²) in [7, 11) is 0. The summed E-state index contributed by atoms with van der Waals surface area (Å²) in [6.07, 6.45) is 0. The summed E-state index contributed by atoms with van der Waals surface area (Å²) in [4.78, 5) is 11.7. The van der Waals surface area contributed by atoms with E-state index in [0.717, 1.165) is 0 Å². The second-order valence-corrected chi connectivity index (χ2v) is 4.13. The van der Waals surface area contributed by atoms with Gasteiger partial charge < -0.3 is 4.74 Å². The van der Waals surface area contributed by atoms with Crippen molar-refractivity contribution in [3.05, 3.63) is 70.8 Å². The van der Waals surface area contributed by atoms with Crippen LogP contribution in [-0.2, 0) is 11.3 Å². The van der Waals surface area contributed by atoms with E-state index < -0.39 is 11.8 Å². The molecule has 2 aromatic rings. The molecule has 0 saturated heterocycles. The number of ether oxygens (including phenoxy) is 1. The lowest BCUT2D eigenvalue weighted by molar-refractivity contribution is 0.0469. The minimum absolute atomic E-state index is 0.151. The predicted octanol–water partition coefficient (Wildman–Crippen LogP) is 3.63. The van der Waals surface area contributed by atoms with Gasteiger partial charge in [-0.25, -0.2) is 13.6 Å². The highest BCUT2D eigenvalue weighted by molar-refractivity contribution is 5.89. The molecule has 0 N–H and O–H groups in total. The summed E-state index contributed by atoms with van der Waals surface area (Å²) in [6, 6.07) is 10.0. The van der Waals surface area contributed by atoms with Gasteiger partial charge in [0.2, 0.25) is 0 Å². The average molecular weight is 262 g/mol. The lowest BCUT2D eigenvalue weighted by Crippen LogP contribution is -2.06. The molecule has 0 spiro atoms. The van der Waals surface area contributed by atoms with Gasteiger partial charge in [0.15, 0.2) is 0 Å². The molecule has 2 nitrogen and oxygen atoms in total. The minimum atomic E-state index is -0.605. The Hall–Kier alpha value is -2.23. The zero-order chi connectivity index (χ0) is 13.8. The number of hydrogen-bond donors (Lipinski definition) is 0. The smallest absolute Gasteiger partial charge is 0.338 e. The first kappa shape index (κ1) is 13.2. The molecule has 2 rings (SSSR count). The quantitative estimate of drug-likeness (QED) is 0.789. The molecule has 0 radical (unpaired) electrons. The Labute approximate surface area is 109 Å². The SMILES string of the molecule is Cc1cc(C(=O)OCc2ccccc2F)ccc1F. The first-order chi connectivity index (χ1) is 9.08. The fourth-order valence-corrected chi connectivity index (χ4v) is 1.61. The van der Waals surface area contributed by atoms with Crippen LogP contribution in [0.5, 0.6) is 0 Å². The van der Waals surface area contributed by atoms with E-state index in [1.165, 1.54) is 24.3 Å². The van der Waals surface area contributed by atoms with Crippen molar-refractivity contribution in [2.24, 2.45) is 0 Å². The van der Waals surface area contributed by atoms with E-state index in [9.17, 15) is 13.6 Å². The van der Waals surface area contributed by atoms with Crippen LogP contribution < -0.4 is 0 Å².